The van der Waals surface area contributed by atoms with Gasteiger partial charge in [-0.2, -0.15) is 0 Å². The molecule has 0 aromatic heterocycles. The van der Waals surface area contributed by atoms with Crippen molar-refractivity contribution >= 4 is 5.69 Å². The van der Waals surface area contributed by atoms with Gasteiger partial charge in [-0.25, -0.2) is 0 Å². The van der Waals surface area contributed by atoms with E-state index in [2.05, 4.69) is 49.9 Å². The van der Waals surface area contributed by atoms with Crippen molar-refractivity contribution in [1.29, 1.82) is 0 Å². The summed E-state index contributed by atoms with van der Waals surface area (Å²) in [5, 5.41) is 0. The smallest absolute Gasteiger partial charge is 0.0366 e. The zero-order valence-corrected chi connectivity index (χ0v) is 24.4. The van der Waals surface area contributed by atoms with Crippen LogP contribution in [-0.4, -0.2) is 13.1 Å². The molecule has 0 unspecified atom stereocenters. The van der Waals surface area contributed by atoms with Crippen LogP contribution in [0, 0.1) is 0 Å². The van der Waals surface area contributed by atoms with Crippen LogP contribution in [0.5, 0.6) is 0 Å². The molecule has 1 aromatic rings. The number of anilines is 1. The molecular weight excluding hydrogens is 422 g/mol. The van der Waals surface area contributed by atoms with Gasteiger partial charge in [0.2, 0.25) is 0 Å². The molecular formula is C34H63N. The van der Waals surface area contributed by atoms with Gasteiger partial charge in [-0.1, -0.05) is 155 Å². The third-order valence-electron chi connectivity index (χ3n) is 7.68. The van der Waals surface area contributed by atoms with Crippen molar-refractivity contribution in [1.82, 2.24) is 0 Å². The normalized spacial score (nSPS) is 11.3. The molecule has 0 aliphatic rings. The van der Waals surface area contributed by atoms with Crippen LogP contribution in [-0.2, 0) is 6.42 Å². The maximum absolute atomic E-state index is 2.69. The number of hydrogen-bond donors (Lipinski definition) is 0. The molecule has 1 heteroatoms. The van der Waals surface area contributed by atoms with Crippen molar-refractivity contribution in [2.24, 2.45) is 0 Å². The minimum Gasteiger partial charge on any atom is -0.372 e. The molecule has 0 radical (unpaired) electrons. The Labute approximate surface area is 221 Å². The van der Waals surface area contributed by atoms with Gasteiger partial charge in [-0.05, 0) is 43.4 Å². The van der Waals surface area contributed by atoms with E-state index >= 15 is 0 Å². The zero-order chi connectivity index (χ0) is 25.2. The molecule has 0 fully saturated rings. The second-order valence-electron chi connectivity index (χ2n) is 11.1. The topological polar surface area (TPSA) is 3.24 Å². The summed E-state index contributed by atoms with van der Waals surface area (Å²) in [4.78, 5) is 2.69. The molecule has 1 aromatic carbocycles. The SMILES string of the molecule is CCCCCCCCCCCCN(CCCCCCCCCCCC)c1ccc(CCCC)cc1. The number of nitrogens with zero attached hydrogens (tertiary/aromatic N) is 1. The predicted molar refractivity (Wildman–Crippen MR) is 161 cm³/mol. The molecule has 0 amide bonds. The molecule has 0 spiro atoms. The van der Waals surface area contributed by atoms with Crippen LogP contribution in [0.15, 0.2) is 24.3 Å². The highest BCUT2D eigenvalue weighted by atomic mass is 15.1. The average molecular weight is 486 g/mol. The second-order valence-corrected chi connectivity index (χ2v) is 11.1. The molecule has 0 saturated carbocycles. The molecule has 0 N–H and O–H groups in total. The molecule has 35 heavy (non-hydrogen) atoms. The van der Waals surface area contributed by atoms with Gasteiger partial charge < -0.3 is 4.90 Å². The monoisotopic (exact) mass is 485 g/mol. The number of benzene rings is 1. The lowest BCUT2D eigenvalue weighted by Crippen LogP contribution is -2.25. The van der Waals surface area contributed by atoms with E-state index in [-0.39, 0.29) is 0 Å². The number of aryl methyl sites for hydroxylation is 1. The van der Waals surface area contributed by atoms with Gasteiger partial charge in [0.25, 0.3) is 0 Å². The van der Waals surface area contributed by atoms with Gasteiger partial charge >= 0.3 is 0 Å². The average Bonchev–Trinajstić information content (AvgIpc) is 2.88. The Hall–Kier alpha value is -0.980. The molecule has 1 rings (SSSR count). The van der Waals surface area contributed by atoms with Gasteiger partial charge in [0.15, 0.2) is 0 Å². The van der Waals surface area contributed by atoms with E-state index in [0.29, 0.717) is 0 Å². The van der Waals surface area contributed by atoms with Crippen molar-refractivity contribution in [2.45, 2.75) is 168 Å². The summed E-state index contributed by atoms with van der Waals surface area (Å²) >= 11 is 0. The van der Waals surface area contributed by atoms with Crippen molar-refractivity contribution in [3.8, 4) is 0 Å². The third-order valence-corrected chi connectivity index (χ3v) is 7.68. The third kappa shape index (κ3) is 18.9. The first-order chi connectivity index (χ1) is 17.3. The van der Waals surface area contributed by atoms with E-state index in [0.717, 1.165) is 0 Å². The number of unbranched alkanes of at least 4 members (excludes halogenated alkanes) is 19. The van der Waals surface area contributed by atoms with Crippen molar-refractivity contribution < 1.29 is 0 Å². The molecule has 0 aliphatic heterocycles. The molecule has 204 valence electrons. The Morgan fingerprint density at radius 1 is 0.400 bits per heavy atom. The molecule has 0 saturated heterocycles. The first-order valence-electron chi connectivity index (χ1n) is 16.2. The fourth-order valence-electron chi connectivity index (χ4n) is 5.20. The zero-order valence-electron chi connectivity index (χ0n) is 24.4. The van der Waals surface area contributed by atoms with Crippen LogP contribution in [0.25, 0.3) is 0 Å². The molecule has 0 atom stereocenters. The Morgan fingerprint density at radius 2 is 0.743 bits per heavy atom. The minimum atomic E-state index is 1.23. The maximum Gasteiger partial charge on any atom is 0.0366 e. The summed E-state index contributed by atoms with van der Waals surface area (Å²) in [6, 6.07) is 9.57. The van der Waals surface area contributed by atoms with E-state index in [1.54, 1.807) is 0 Å². The van der Waals surface area contributed by atoms with Crippen LogP contribution in [0.2, 0.25) is 0 Å². The lowest BCUT2D eigenvalue weighted by molar-refractivity contribution is 0.543. The highest BCUT2D eigenvalue weighted by Crippen LogP contribution is 2.20. The number of rotatable bonds is 26. The van der Waals surface area contributed by atoms with Gasteiger partial charge in [-0.15, -0.1) is 0 Å². The summed E-state index contributed by atoms with van der Waals surface area (Å²) < 4.78 is 0. The summed E-state index contributed by atoms with van der Waals surface area (Å²) in [5.74, 6) is 0. The fraction of sp³-hybridized carbons (Fsp3) is 0.824. The Bertz CT molecular complexity index is 510. The number of hydrogen-bond acceptors (Lipinski definition) is 1. The van der Waals surface area contributed by atoms with Gasteiger partial charge in [0, 0.05) is 18.8 Å². The van der Waals surface area contributed by atoms with Crippen LogP contribution in [0.4, 0.5) is 5.69 Å². The first kappa shape index (κ1) is 32.0. The highest BCUT2D eigenvalue weighted by Gasteiger charge is 2.07. The molecule has 1 nitrogen and oxygen atoms in total. The Balaban J connectivity index is 2.29. The Kier molecular flexibility index (Phi) is 22.6. The van der Waals surface area contributed by atoms with E-state index < -0.39 is 0 Å². The Morgan fingerprint density at radius 3 is 1.11 bits per heavy atom. The standard InChI is InChI=1S/C34H63N/c1-4-7-10-12-14-16-18-20-22-24-31-35(34-29-27-33(28-30-34)26-9-6-3)32-25-23-21-19-17-15-13-11-8-5-2/h27-30H,4-26,31-32H2,1-3H3. The second kappa shape index (κ2) is 24.7. The van der Waals surface area contributed by atoms with Crippen molar-refractivity contribution in [3.63, 3.8) is 0 Å². The quantitative estimate of drug-likeness (QED) is 0.118. The summed E-state index contributed by atoms with van der Waals surface area (Å²) in [6.45, 7) is 9.38. The van der Waals surface area contributed by atoms with E-state index in [1.807, 2.05) is 0 Å². The summed E-state index contributed by atoms with van der Waals surface area (Å²) in [7, 11) is 0. The lowest BCUT2D eigenvalue weighted by Gasteiger charge is -2.25. The van der Waals surface area contributed by atoms with Crippen molar-refractivity contribution in [3.05, 3.63) is 29.8 Å². The van der Waals surface area contributed by atoms with Crippen LogP contribution >= 0.6 is 0 Å². The van der Waals surface area contributed by atoms with Crippen LogP contribution in [0.3, 0.4) is 0 Å². The molecule has 0 bridgehead atoms. The highest BCUT2D eigenvalue weighted by molar-refractivity contribution is 5.47. The minimum absolute atomic E-state index is 1.23. The van der Waals surface area contributed by atoms with Gasteiger partial charge in [-0.3, -0.25) is 0 Å². The van der Waals surface area contributed by atoms with Crippen molar-refractivity contribution in [2.75, 3.05) is 18.0 Å². The van der Waals surface area contributed by atoms with E-state index in [4.69, 9.17) is 0 Å². The van der Waals surface area contributed by atoms with Gasteiger partial charge in [0.1, 0.15) is 0 Å². The first-order valence-corrected chi connectivity index (χ1v) is 16.2. The molecule has 0 aliphatic carbocycles. The summed E-state index contributed by atoms with van der Waals surface area (Å²) in [6.07, 6.45) is 32.2. The summed E-state index contributed by atoms with van der Waals surface area (Å²) in [5.41, 5.74) is 2.96. The predicted octanol–water partition coefficient (Wildman–Crippen LogP) is 11.7. The largest absolute Gasteiger partial charge is 0.372 e. The van der Waals surface area contributed by atoms with Crippen LogP contribution < -0.4 is 4.90 Å². The van der Waals surface area contributed by atoms with E-state index in [1.165, 1.54) is 172 Å². The van der Waals surface area contributed by atoms with Gasteiger partial charge in [0.05, 0.1) is 0 Å². The fourth-order valence-corrected chi connectivity index (χ4v) is 5.20. The molecule has 0 heterocycles. The maximum atomic E-state index is 2.69. The van der Waals surface area contributed by atoms with E-state index in [9.17, 15) is 0 Å². The lowest BCUT2D eigenvalue weighted by atomic mass is 10.1. The van der Waals surface area contributed by atoms with Crippen LogP contribution in [0.1, 0.15) is 168 Å².